The summed E-state index contributed by atoms with van der Waals surface area (Å²) < 4.78 is 76.0. The van der Waals surface area contributed by atoms with Gasteiger partial charge in [-0.3, -0.25) is 10.2 Å². The average Bonchev–Trinajstić information content (AvgIpc) is 2.86. The van der Waals surface area contributed by atoms with Gasteiger partial charge < -0.3 is 5.32 Å². The molecular formula is C15H12F6N4O. The number of carbonyl (C=O) groups is 1. The number of benzene rings is 1. The first kappa shape index (κ1) is 19.6. The smallest absolute Gasteiger partial charge is 0.324 e. The molecule has 0 radical (unpaired) electrons. The van der Waals surface area contributed by atoms with E-state index in [2.05, 4.69) is 20.7 Å². The molecule has 0 aliphatic carbocycles. The molecule has 1 aliphatic heterocycles. The molecule has 1 atom stereocenters. The van der Waals surface area contributed by atoms with E-state index in [4.69, 9.17) is 6.57 Å². The summed E-state index contributed by atoms with van der Waals surface area (Å²) in [6, 6.07) is 2.61. The van der Waals surface area contributed by atoms with Gasteiger partial charge in [-0.15, -0.1) is 0 Å². The number of anilines is 1. The van der Waals surface area contributed by atoms with E-state index < -0.39 is 41.5 Å². The van der Waals surface area contributed by atoms with E-state index in [1.807, 2.05) is 0 Å². The van der Waals surface area contributed by atoms with Gasteiger partial charge in [-0.1, -0.05) is 6.07 Å². The molecule has 0 bridgehead atoms. The van der Waals surface area contributed by atoms with Crippen molar-refractivity contribution in [2.24, 2.45) is 5.10 Å². The number of carbonyl (C=O) groups excluding carboxylic acids is 1. The van der Waals surface area contributed by atoms with Gasteiger partial charge >= 0.3 is 12.4 Å². The monoisotopic (exact) mass is 378 g/mol. The summed E-state index contributed by atoms with van der Waals surface area (Å²) >= 11 is 0. The Balaban J connectivity index is 2.15. The first-order valence-corrected chi connectivity index (χ1v) is 7.13. The lowest BCUT2D eigenvalue weighted by atomic mass is 9.94. The van der Waals surface area contributed by atoms with Crippen LogP contribution < -0.4 is 10.7 Å². The fourth-order valence-electron chi connectivity index (χ4n) is 2.36. The summed E-state index contributed by atoms with van der Waals surface area (Å²) in [4.78, 5) is 15.1. The van der Waals surface area contributed by atoms with Gasteiger partial charge in [0.25, 0.3) is 5.91 Å². The van der Waals surface area contributed by atoms with Crippen molar-refractivity contribution in [3.63, 3.8) is 0 Å². The van der Waals surface area contributed by atoms with Crippen LogP contribution in [0.15, 0.2) is 23.3 Å². The van der Waals surface area contributed by atoms with E-state index >= 15 is 0 Å². The SMILES string of the molecule is [C-]#[N+]c1ccc(NC(=O)C2(C)CC(CC(F)(F)F)=NN2)cc1C(F)(F)F. The molecule has 1 heterocycles. The molecule has 1 unspecified atom stereocenters. The van der Waals surface area contributed by atoms with E-state index in [1.165, 1.54) is 6.92 Å². The lowest BCUT2D eigenvalue weighted by molar-refractivity contribution is -0.136. The van der Waals surface area contributed by atoms with Gasteiger partial charge in [-0.25, -0.2) is 4.85 Å². The highest BCUT2D eigenvalue weighted by Gasteiger charge is 2.42. The lowest BCUT2D eigenvalue weighted by Gasteiger charge is -2.23. The zero-order valence-corrected chi connectivity index (χ0v) is 13.2. The number of halogens is 6. The topological polar surface area (TPSA) is 57.9 Å². The molecule has 2 N–H and O–H groups in total. The molecule has 0 spiro atoms. The Bertz CT molecular complexity index is 793. The van der Waals surface area contributed by atoms with E-state index in [1.54, 1.807) is 0 Å². The van der Waals surface area contributed by atoms with Crippen LogP contribution in [0.5, 0.6) is 0 Å². The summed E-state index contributed by atoms with van der Waals surface area (Å²) in [7, 11) is 0. The Hall–Kier alpha value is -2.77. The third kappa shape index (κ3) is 4.44. The quantitative estimate of drug-likeness (QED) is 0.610. The highest BCUT2D eigenvalue weighted by Crippen LogP contribution is 2.38. The highest BCUT2D eigenvalue weighted by molar-refractivity contribution is 6.03. The van der Waals surface area contributed by atoms with Crippen molar-refractivity contribution < 1.29 is 31.1 Å². The summed E-state index contributed by atoms with van der Waals surface area (Å²) in [5.41, 5.74) is -1.60. The third-order valence-electron chi connectivity index (χ3n) is 3.60. The molecule has 5 nitrogen and oxygen atoms in total. The van der Waals surface area contributed by atoms with Crippen molar-refractivity contribution in [1.29, 1.82) is 0 Å². The fourth-order valence-corrected chi connectivity index (χ4v) is 2.36. The minimum absolute atomic E-state index is 0.234. The number of alkyl halides is 6. The standard InChI is InChI=1S/C15H12F6N4O/c1-13(6-9(24-25-13)7-14(16,17)18)12(26)23-8-3-4-11(22-2)10(5-8)15(19,20)21/h3-5,25H,6-7H2,1H3,(H,23,26). The molecular weight excluding hydrogens is 366 g/mol. The van der Waals surface area contributed by atoms with Crippen LogP contribution in [-0.4, -0.2) is 23.3 Å². The Morgan fingerprint density at radius 1 is 1.35 bits per heavy atom. The van der Waals surface area contributed by atoms with Crippen LogP contribution in [0.25, 0.3) is 4.85 Å². The fraction of sp³-hybridized carbons (Fsp3) is 0.400. The van der Waals surface area contributed by atoms with Crippen molar-refractivity contribution in [2.75, 3.05) is 5.32 Å². The molecule has 1 aromatic carbocycles. The largest absolute Gasteiger partial charge is 0.407 e. The minimum Gasteiger partial charge on any atom is -0.324 e. The number of nitrogens with one attached hydrogen (secondary N) is 2. The van der Waals surface area contributed by atoms with Crippen molar-refractivity contribution in [3.05, 3.63) is 35.2 Å². The number of amides is 1. The molecule has 26 heavy (non-hydrogen) atoms. The third-order valence-corrected chi connectivity index (χ3v) is 3.60. The Morgan fingerprint density at radius 3 is 2.54 bits per heavy atom. The molecule has 0 saturated heterocycles. The number of hydrogen-bond donors (Lipinski definition) is 2. The minimum atomic E-state index is -4.79. The molecule has 1 amide bonds. The molecule has 0 fully saturated rings. The van der Waals surface area contributed by atoms with E-state index in [9.17, 15) is 31.1 Å². The van der Waals surface area contributed by atoms with Crippen molar-refractivity contribution in [2.45, 2.75) is 37.7 Å². The second kappa shape index (κ2) is 6.51. The molecule has 2 rings (SSSR count). The Kier molecular flexibility index (Phi) is 4.90. The molecule has 140 valence electrons. The Labute approximate surface area is 143 Å². The van der Waals surface area contributed by atoms with Crippen LogP contribution in [-0.2, 0) is 11.0 Å². The van der Waals surface area contributed by atoms with Gasteiger partial charge in [0.2, 0.25) is 0 Å². The zero-order chi connectivity index (χ0) is 19.8. The summed E-state index contributed by atoms with van der Waals surface area (Å²) in [5, 5.41) is 5.70. The zero-order valence-electron chi connectivity index (χ0n) is 13.2. The molecule has 0 aromatic heterocycles. The van der Waals surface area contributed by atoms with Gasteiger partial charge in [0.15, 0.2) is 5.69 Å². The van der Waals surface area contributed by atoms with Gasteiger partial charge in [0.05, 0.1) is 18.6 Å². The number of rotatable bonds is 3. The molecule has 0 saturated carbocycles. The van der Waals surface area contributed by atoms with Crippen molar-refractivity contribution in [3.8, 4) is 0 Å². The number of hydrogen-bond acceptors (Lipinski definition) is 3. The predicted molar refractivity (Wildman–Crippen MR) is 80.6 cm³/mol. The molecule has 1 aromatic rings. The highest BCUT2D eigenvalue weighted by atomic mass is 19.4. The molecule has 1 aliphatic rings. The maximum absolute atomic E-state index is 12.9. The average molecular weight is 378 g/mol. The van der Waals surface area contributed by atoms with Crippen molar-refractivity contribution >= 4 is 23.0 Å². The first-order chi connectivity index (χ1) is 11.8. The predicted octanol–water partition coefficient (Wildman–Crippen LogP) is 4.26. The second-order valence-corrected chi connectivity index (χ2v) is 5.89. The normalized spacial score (nSPS) is 20.2. The van der Waals surface area contributed by atoms with Gasteiger partial charge in [-0.2, -0.15) is 31.4 Å². The summed E-state index contributed by atoms with van der Waals surface area (Å²) in [5.74, 6) is -0.845. The van der Waals surface area contributed by atoms with Crippen LogP contribution in [0.1, 0.15) is 25.3 Å². The maximum atomic E-state index is 12.9. The van der Waals surface area contributed by atoms with Gasteiger partial charge in [0, 0.05) is 17.8 Å². The van der Waals surface area contributed by atoms with E-state index in [-0.39, 0.29) is 17.8 Å². The maximum Gasteiger partial charge on any atom is 0.407 e. The van der Waals surface area contributed by atoms with E-state index in [0.717, 1.165) is 12.1 Å². The van der Waals surface area contributed by atoms with Crippen LogP contribution in [0.3, 0.4) is 0 Å². The van der Waals surface area contributed by atoms with Crippen molar-refractivity contribution in [1.82, 2.24) is 5.43 Å². The molecule has 11 heteroatoms. The number of nitrogens with zero attached hydrogens (tertiary/aromatic N) is 2. The Morgan fingerprint density at radius 2 is 2.00 bits per heavy atom. The summed E-state index contributed by atoms with van der Waals surface area (Å²) in [6.45, 7) is 8.04. The summed E-state index contributed by atoms with van der Waals surface area (Å²) in [6.07, 6.45) is -10.9. The van der Waals surface area contributed by atoms with Crippen LogP contribution in [0.4, 0.5) is 37.7 Å². The van der Waals surface area contributed by atoms with E-state index in [0.29, 0.717) is 6.07 Å². The first-order valence-electron chi connectivity index (χ1n) is 7.13. The van der Waals surface area contributed by atoms with Gasteiger partial charge in [0.1, 0.15) is 5.54 Å². The van der Waals surface area contributed by atoms with Crippen LogP contribution in [0, 0.1) is 6.57 Å². The second-order valence-electron chi connectivity index (χ2n) is 5.89. The van der Waals surface area contributed by atoms with Crippen LogP contribution >= 0.6 is 0 Å². The lowest BCUT2D eigenvalue weighted by Crippen LogP contribution is -2.47. The van der Waals surface area contributed by atoms with Gasteiger partial charge in [-0.05, 0) is 19.1 Å². The number of hydrazone groups is 1. The van der Waals surface area contributed by atoms with Crippen LogP contribution in [0.2, 0.25) is 0 Å².